The Kier molecular flexibility index (Phi) is 3.94. The third-order valence-electron chi connectivity index (χ3n) is 3.23. The highest BCUT2D eigenvalue weighted by molar-refractivity contribution is 9.10. The molecule has 3 rings (SSSR count). The van der Waals surface area contributed by atoms with Gasteiger partial charge in [0.2, 0.25) is 0 Å². The van der Waals surface area contributed by atoms with Gasteiger partial charge in [0.15, 0.2) is 0 Å². The second kappa shape index (κ2) is 5.85. The fourth-order valence-corrected chi connectivity index (χ4v) is 2.70. The van der Waals surface area contributed by atoms with E-state index in [-0.39, 0.29) is 6.04 Å². The van der Waals surface area contributed by atoms with Gasteiger partial charge in [-0.3, -0.25) is 0 Å². The summed E-state index contributed by atoms with van der Waals surface area (Å²) >= 11 is 3.52. The van der Waals surface area contributed by atoms with Crippen molar-refractivity contribution >= 4 is 26.9 Å². The Morgan fingerprint density at radius 3 is 2.80 bits per heavy atom. The quantitative estimate of drug-likeness (QED) is 0.723. The van der Waals surface area contributed by atoms with E-state index in [1.165, 1.54) is 0 Å². The Balaban J connectivity index is 2.02. The number of fused-ring (bicyclic) bond motifs is 1. The van der Waals surface area contributed by atoms with Crippen molar-refractivity contribution in [2.75, 3.05) is 6.54 Å². The molecule has 0 saturated carbocycles. The molecule has 104 valence electrons. The summed E-state index contributed by atoms with van der Waals surface area (Å²) in [5, 5.41) is 4.58. The minimum absolute atomic E-state index is 0.0771. The van der Waals surface area contributed by atoms with Gasteiger partial charge < -0.3 is 14.2 Å². The minimum atomic E-state index is -0.0771. The summed E-state index contributed by atoms with van der Waals surface area (Å²) in [7, 11) is 0. The van der Waals surface area contributed by atoms with Gasteiger partial charge in [0.25, 0.3) is 0 Å². The van der Waals surface area contributed by atoms with Crippen LogP contribution in [0.2, 0.25) is 0 Å². The largest absolute Gasteiger partial charge is 0.466 e. The molecule has 1 aromatic carbocycles. The average molecular weight is 334 g/mol. The maximum Gasteiger partial charge on any atom is 0.142 e. The summed E-state index contributed by atoms with van der Waals surface area (Å²) in [6, 6.07) is 11.9. The van der Waals surface area contributed by atoms with Crippen LogP contribution in [0.4, 0.5) is 0 Å². The van der Waals surface area contributed by atoms with Gasteiger partial charge in [-0.2, -0.15) is 0 Å². The Labute approximate surface area is 126 Å². The van der Waals surface area contributed by atoms with Gasteiger partial charge in [-0.05, 0) is 47.1 Å². The second-order valence-corrected chi connectivity index (χ2v) is 5.56. The Hall–Kier alpha value is -1.52. The van der Waals surface area contributed by atoms with Gasteiger partial charge >= 0.3 is 0 Å². The molecule has 1 atom stereocenters. The van der Waals surface area contributed by atoms with Crippen LogP contribution >= 0.6 is 15.9 Å². The van der Waals surface area contributed by atoms with Crippen LogP contribution in [0, 0.1) is 0 Å². The van der Waals surface area contributed by atoms with Crippen molar-refractivity contribution in [2.24, 2.45) is 0 Å². The lowest BCUT2D eigenvalue weighted by molar-refractivity contribution is 0.397. The highest BCUT2D eigenvalue weighted by atomic mass is 79.9. The molecule has 3 nitrogen and oxygen atoms in total. The number of hydrogen-bond acceptors (Lipinski definition) is 3. The van der Waals surface area contributed by atoms with E-state index in [9.17, 15) is 0 Å². The van der Waals surface area contributed by atoms with Gasteiger partial charge in [-0.25, -0.2) is 0 Å². The van der Waals surface area contributed by atoms with Crippen LogP contribution in [0.1, 0.15) is 30.9 Å². The van der Waals surface area contributed by atoms with Crippen LogP contribution in [0.25, 0.3) is 11.0 Å². The fourth-order valence-electron chi connectivity index (χ4n) is 2.27. The van der Waals surface area contributed by atoms with Crippen molar-refractivity contribution in [2.45, 2.75) is 19.4 Å². The summed E-state index contributed by atoms with van der Waals surface area (Å²) in [6.45, 7) is 3.04. The molecular formula is C16H16BrNO2. The number of benzene rings is 1. The Morgan fingerprint density at radius 1 is 1.25 bits per heavy atom. The molecule has 0 saturated heterocycles. The van der Waals surface area contributed by atoms with Crippen LogP contribution in [0.3, 0.4) is 0 Å². The third-order valence-corrected chi connectivity index (χ3v) is 3.89. The number of rotatable bonds is 5. The molecule has 0 bridgehead atoms. The molecule has 0 aliphatic rings. The average Bonchev–Trinajstić information content (AvgIpc) is 3.06. The molecule has 1 N–H and O–H groups in total. The van der Waals surface area contributed by atoms with Crippen molar-refractivity contribution in [3.63, 3.8) is 0 Å². The molecule has 2 heterocycles. The monoisotopic (exact) mass is 333 g/mol. The van der Waals surface area contributed by atoms with E-state index >= 15 is 0 Å². The first-order valence-corrected chi connectivity index (χ1v) is 7.53. The molecule has 0 aliphatic carbocycles. The maximum atomic E-state index is 5.96. The topological polar surface area (TPSA) is 38.3 Å². The molecular weight excluding hydrogens is 318 g/mol. The van der Waals surface area contributed by atoms with E-state index in [0.717, 1.165) is 39.9 Å². The predicted octanol–water partition coefficient (Wildman–Crippen LogP) is 4.88. The van der Waals surface area contributed by atoms with Crippen LogP contribution < -0.4 is 5.32 Å². The van der Waals surface area contributed by atoms with Crippen LogP contribution in [-0.4, -0.2) is 6.54 Å². The lowest BCUT2D eigenvalue weighted by Gasteiger charge is -2.14. The van der Waals surface area contributed by atoms with Crippen molar-refractivity contribution in [1.29, 1.82) is 0 Å². The van der Waals surface area contributed by atoms with Crippen molar-refractivity contribution < 1.29 is 8.83 Å². The molecule has 0 amide bonds. The van der Waals surface area contributed by atoms with E-state index in [2.05, 4.69) is 40.3 Å². The molecule has 1 unspecified atom stereocenters. The lowest BCUT2D eigenvalue weighted by Crippen LogP contribution is -2.22. The zero-order valence-electron chi connectivity index (χ0n) is 11.2. The number of halogens is 1. The molecule has 2 aromatic heterocycles. The summed E-state index contributed by atoms with van der Waals surface area (Å²) in [5.74, 6) is 1.72. The van der Waals surface area contributed by atoms with Gasteiger partial charge in [0.1, 0.15) is 23.1 Å². The third kappa shape index (κ3) is 2.53. The van der Waals surface area contributed by atoms with Crippen molar-refractivity contribution in [3.8, 4) is 0 Å². The summed E-state index contributed by atoms with van der Waals surface area (Å²) in [4.78, 5) is 0. The van der Waals surface area contributed by atoms with E-state index in [4.69, 9.17) is 8.83 Å². The fraction of sp³-hybridized carbons (Fsp3) is 0.250. The standard InChI is InChI=1S/C16H16BrNO2/c1-2-8-18-15(16-12(17)7-9-19-16)14-10-11-5-3-4-6-13(11)20-14/h3-7,9-10,15,18H,2,8H2,1H3. The molecule has 0 spiro atoms. The first-order chi connectivity index (χ1) is 9.79. The number of para-hydroxylation sites is 1. The van der Waals surface area contributed by atoms with Crippen LogP contribution in [0.5, 0.6) is 0 Å². The van der Waals surface area contributed by atoms with Crippen molar-refractivity contribution in [1.82, 2.24) is 5.32 Å². The Bertz CT molecular complexity index is 668. The molecule has 20 heavy (non-hydrogen) atoms. The first-order valence-electron chi connectivity index (χ1n) is 6.74. The zero-order chi connectivity index (χ0) is 13.9. The Morgan fingerprint density at radius 2 is 2.10 bits per heavy atom. The molecule has 3 aromatic rings. The van der Waals surface area contributed by atoms with Gasteiger partial charge in [0, 0.05) is 5.39 Å². The number of hydrogen-bond donors (Lipinski definition) is 1. The smallest absolute Gasteiger partial charge is 0.142 e. The zero-order valence-corrected chi connectivity index (χ0v) is 12.8. The highest BCUT2D eigenvalue weighted by Crippen LogP contribution is 2.32. The molecule has 0 fully saturated rings. The van der Waals surface area contributed by atoms with E-state index < -0.39 is 0 Å². The molecule has 4 heteroatoms. The predicted molar refractivity (Wildman–Crippen MR) is 82.8 cm³/mol. The summed E-state index contributed by atoms with van der Waals surface area (Å²) < 4.78 is 12.5. The van der Waals surface area contributed by atoms with Crippen LogP contribution in [0.15, 0.2) is 56.0 Å². The highest BCUT2D eigenvalue weighted by Gasteiger charge is 2.23. The minimum Gasteiger partial charge on any atom is -0.466 e. The van der Waals surface area contributed by atoms with E-state index in [1.54, 1.807) is 6.26 Å². The molecule has 0 radical (unpaired) electrons. The van der Waals surface area contributed by atoms with Crippen LogP contribution in [-0.2, 0) is 0 Å². The SMILES string of the molecule is CCCNC(c1cc2ccccc2o1)c1occc1Br. The number of furan rings is 2. The van der Waals surface area contributed by atoms with Crippen molar-refractivity contribution in [3.05, 3.63) is 58.7 Å². The van der Waals surface area contributed by atoms with Gasteiger partial charge in [0.05, 0.1) is 10.7 Å². The lowest BCUT2D eigenvalue weighted by atomic mass is 10.1. The second-order valence-electron chi connectivity index (χ2n) is 4.71. The summed E-state index contributed by atoms with van der Waals surface area (Å²) in [5.41, 5.74) is 0.897. The van der Waals surface area contributed by atoms with E-state index in [0.29, 0.717) is 0 Å². The maximum absolute atomic E-state index is 5.96. The summed E-state index contributed by atoms with van der Waals surface area (Å²) in [6.07, 6.45) is 2.73. The van der Waals surface area contributed by atoms with Gasteiger partial charge in [-0.15, -0.1) is 0 Å². The molecule has 0 aliphatic heterocycles. The normalized spacial score (nSPS) is 12.9. The number of nitrogens with one attached hydrogen (secondary N) is 1. The van der Waals surface area contributed by atoms with Gasteiger partial charge in [-0.1, -0.05) is 25.1 Å². The van der Waals surface area contributed by atoms with E-state index in [1.807, 2.05) is 24.3 Å². The first kappa shape index (κ1) is 13.5.